The lowest BCUT2D eigenvalue weighted by Crippen LogP contribution is -2.40. The molecule has 0 saturated heterocycles. The van der Waals surface area contributed by atoms with Crippen molar-refractivity contribution in [1.29, 1.82) is 0 Å². The molecule has 174 valence electrons. The zero-order chi connectivity index (χ0) is 24.1. The van der Waals surface area contributed by atoms with Gasteiger partial charge in [-0.3, -0.25) is 18.7 Å². The summed E-state index contributed by atoms with van der Waals surface area (Å²) in [6.07, 6.45) is 0.505. The summed E-state index contributed by atoms with van der Waals surface area (Å²) in [5.41, 5.74) is 2.03. The topological polar surface area (TPSA) is 73.1 Å². The van der Waals surface area contributed by atoms with Gasteiger partial charge < -0.3 is 5.32 Å². The van der Waals surface area contributed by atoms with E-state index in [0.29, 0.717) is 29.4 Å². The van der Waals surface area contributed by atoms with Crippen LogP contribution in [0.3, 0.4) is 0 Å². The number of hydrogen-bond donors (Lipinski definition) is 1. The molecule has 0 aliphatic heterocycles. The van der Waals surface area contributed by atoms with Crippen LogP contribution in [0.25, 0.3) is 10.9 Å². The number of nitrogens with one attached hydrogen (secondary N) is 1. The van der Waals surface area contributed by atoms with Crippen molar-refractivity contribution in [3.63, 3.8) is 0 Å². The molecule has 0 unspecified atom stereocenters. The van der Waals surface area contributed by atoms with Crippen LogP contribution in [0.15, 0.2) is 82.4 Å². The summed E-state index contributed by atoms with van der Waals surface area (Å²) in [5.74, 6) is -0.567. The molecule has 1 amide bonds. The number of aryl methyl sites for hydroxylation is 1. The molecule has 7 heteroatoms. The lowest BCUT2D eigenvalue weighted by molar-refractivity contribution is -0.121. The number of hydrogen-bond acceptors (Lipinski definition) is 3. The van der Waals surface area contributed by atoms with E-state index in [1.165, 1.54) is 10.6 Å². The van der Waals surface area contributed by atoms with E-state index in [2.05, 4.69) is 5.32 Å². The van der Waals surface area contributed by atoms with Gasteiger partial charge in [0.25, 0.3) is 5.56 Å². The van der Waals surface area contributed by atoms with E-state index in [0.717, 1.165) is 15.7 Å². The number of carbonyl (C=O) groups excluding carboxylic acids is 1. The summed E-state index contributed by atoms with van der Waals surface area (Å²) in [6, 6.07) is 20.9. The number of rotatable bonds is 8. The van der Waals surface area contributed by atoms with Gasteiger partial charge in [-0.2, -0.15) is 0 Å². The fourth-order valence-corrected chi connectivity index (χ4v) is 3.91. The third-order valence-corrected chi connectivity index (χ3v) is 5.81. The maximum absolute atomic E-state index is 14.3. The summed E-state index contributed by atoms with van der Waals surface area (Å²) in [6.45, 7) is 2.52. The molecule has 0 atom stereocenters. The number of aromatic nitrogens is 2. The standard InChI is InChI=1S/C27H26FN3O3/c1-19-12-14-20(15-13-19)17-29-25(32)11-6-16-30-26(33)22-8-3-5-10-24(22)31(27(30)34)18-21-7-2-4-9-23(21)28/h2-5,7-10,12-15H,6,11,16-18H2,1H3,(H,29,32). The van der Waals surface area contributed by atoms with Crippen LogP contribution in [0.1, 0.15) is 29.5 Å². The largest absolute Gasteiger partial charge is 0.352 e. The van der Waals surface area contributed by atoms with Crippen molar-refractivity contribution in [2.45, 2.75) is 39.4 Å². The maximum atomic E-state index is 14.3. The number of para-hydroxylation sites is 1. The van der Waals surface area contributed by atoms with Crippen molar-refractivity contribution in [1.82, 2.24) is 14.5 Å². The maximum Gasteiger partial charge on any atom is 0.331 e. The normalized spacial score (nSPS) is 11.0. The monoisotopic (exact) mass is 459 g/mol. The Morgan fingerprint density at radius 2 is 1.62 bits per heavy atom. The molecule has 0 aliphatic rings. The Hall–Kier alpha value is -4.00. The third-order valence-electron chi connectivity index (χ3n) is 5.81. The Bertz CT molecular complexity index is 1440. The zero-order valence-electron chi connectivity index (χ0n) is 19.0. The molecule has 0 bridgehead atoms. The highest BCUT2D eigenvalue weighted by Crippen LogP contribution is 2.13. The molecule has 4 rings (SSSR count). The second kappa shape index (κ2) is 10.3. The van der Waals surface area contributed by atoms with E-state index in [4.69, 9.17) is 0 Å². The smallest absolute Gasteiger partial charge is 0.331 e. The van der Waals surface area contributed by atoms with E-state index in [1.54, 1.807) is 42.5 Å². The van der Waals surface area contributed by atoms with Gasteiger partial charge in [0.05, 0.1) is 17.4 Å². The lowest BCUT2D eigenvalue weighted by atomic mass is 10.1. The molecule has 1 N–H and O–H groups in total. The summed E-state index contributed by atoms with van der Waals surface area (Å²) in [4.78, 5) is 38.5. The lowest BCUT2D eigenvalue weighted by Gasteiger charge is -2.14. The van der Waals surface area contributed by atoms with Gasteiger partial charge in [0, 0.05) is 25.1 Å². The van der Waals surface area contributed by atoms with Crippen molar-refractivity contribution in [3.8, 4) is 0 Å². The van der Waals surface area contributed by atoms with Crippen molar-refractivity contribution in [2.24, 2.45) is 0 Å². The second-order valence-corrected chi connectivity index (χ2v) is 8.30. The van der Waals surface area contributed by atoms with E-state index in [1.807, 2.05) is 31.2 Å². The van der Waals surface area contributed by atoms with Gasteiger partial charge in [0.1, 0.15) is 5.82 Å². The number of nitrogens with zero attached hydrogens (tertiary/aromatic N) is 2. The van der Waals surface area contributed by atoms with Gasteiger partial charge in [0.15, 0.2) is 0 Å². The Labute approximate surface area is 196 Å². The number of carbonyl (C=O) groups is 1. The average Bonchev–Trinajstić information content (AvgIpc) is 2.84. The van der Waals surface area contributed by atoms with Crippen LogP contribution in [0.4, 0.5) is 4.39 Å². The highest BCUT2D eigenvalue weighted by atomic mass is 19.1. The number of benzene rings is 3. The van der Waals surface area contributed by atoms with E-state index in [-0.39, 0.29) is 25.4 Å². The van der Waals surface area contributed by atoms with Gasteiger partial charge in [-0.15, -0.1) is 0 Å². The van der Waals surface area contributed by atoms with Gasteiger partial charge in [-0.25, -0.2) is 9.18 Å². The summed E-state index contributed by atoms with van der Waals surface area (Å²) >= 11 is 0. The molecule has 0 radical (unpaired) electrons. The summed E-state index contributed by atoms with van der Waals surface area (Å²) in [5, 5.41) is 3.24. The molecule has 4 aromatic rings. The number of halogens is 1. The number of fused-ring (bicyclic) bond motifs is 1. The molecular weight excluding hydrogens is 433 g/mol. The highest BCUT2D eigenvalue weighted by Gasteiger charge is 2.15. The first-order valence-electron chi connectivity index (χ1n) is 11.2. The van der Waals surface area contributed by atoms with Crippen molar-refractivity contribution in [2.75, 3.05) is 0 Å². The van der Waals surface area contributed by atoms with Crippen LogP contribution in [0, 0.1) is 12.7 Å². The average molecular weight is 460 g/mol. The molecule has 34 heavy (non-hydrogen) atoms. The minimum Gasteiger partial charge on any atom is -0.352 e. The molecule has 0 fully saturated rings. The molecule has 1 aromatic heterocycles. The molecular formula is C27H26FN3O3. The molecule has 0 saturated carbocycles. The second-order valence-electron chi connectivity index (χ2n) is 8.30. The van der Waals surface area contributed by atoms with Crippen molar-refractivity contribution in [3.05, 3.63) is 116 Å². The Kier molecular flexibility index (Phi) is 7.01. The van der Waals surface area contributed by atoms with Crippen molar-refractivity contribution >= 4 is 16.8 Å². The minimum absolute atomic E-state index is 0.00331. The minimum atomic E-state index is -0.521. The molecule has 0 aliphatic carbocycles. The van der Waals surface area contributed by atoms with E-state index in [9.17, 15) is 18.8 Å². The van der Waals surface area contributed by atoms with Crippen LogP contribution >= 0.6 is 0 Å². The molecule has 6 nitrogen and oxygen atoms in total. The van der Waals surface area contributed by atoms with E-state index < -0.39 is 17.1 Å². The third kappa shape index (κ3) is 5.14. The van der Waals surface area contributed by atoms with E-state index >= 15 is 0 Å². The van der Waals surface area contributed by atoms with Crippen LogP contribution in [-0.4, -0.2) is 15.0 Å². The summed E-state index contributed by atoms with van der Waals surface area (Å²) < 4.78 is 16.8. The first kappa shape index (κ1) is 23.2. The van der Waals surface area contributed by atoms with Crippen LogP contribution in [-0.2, 0) is 24.4 Å². The first-order valence-corrected chi connectivity index (χ1v) is 11.2. The fraction of sp³-hybridized carbons (Fsp3) is 0.222. The van der Waals surface area contributed by atoms with Gasteiger partial charge >= 0.3 is 5.69 Å². The summed E-state index contributed by atoms with van der Waals surface area (Å²) in [7, 11) is 0. The van der Waals surface area contributed by atoms with Gasteiger partial charge in [-0.05, 0) is 37.1 Å². The van der Waals surface area contributed by atoms with Crippen LogP contribution < -0.4 is 16.6 Å². The molecule has 3 aromatic carbocycles. The first-order chi connectivity index (χ1) is 16.4. The highest BCUT2D eigenvalue weighted by molar-refractivity contribution is 5.78. The van der Waals surface area contributed by atoms with Crippen LogP contribution in [0.5, 0.6) is 0 Å². The Balaban J connectivity index is 1.51. The molecule has 1 heterocycles. The SMILES string of the molecule is Cc1ccc(CNC(=O)CCCn2c(=O)c3ccccc3n(Cc3ccccc3F)c2=O)cc1. The zero-order valence-corrected chi connectivity index (χ0v) is 19.0. The quantitative estimate of drug-likeness (QED) is 0.436. The fourth-order valence-electron chi connectivity index (χ4n) is 3.91. The Morgan fingerprint density at radius 1 is 0.912 bits per heavy atom. The van der Waals surface area contributed by atoms with Crippen molar-refractivity contribution < 1.29 is 9.18 Å². The van der Waals surface area contributed by atoms with Gasteiger partial charge in [0.2, 0.25) is 5.91 Å². The van der Waals surface area contributed by atoms with Crippen LogP contribution in [0.2, 0.25) is 0 Å². The van der Waals surface area contributed by atoms with Gasteiger partial charge in [-0.1, -0.05) is 60.2 Å². The Morgan fingerprint density at radius 3 is 2.38 bits per heavy atom. The predicted octanol–water partition coefficient (Wildman–Crippen LogP) is 3.76. The molecule has 0 spiro atoms. The predicted molar refractivity (Wildman–Crippen MR) is 130 cm³/mol. The number of amides is 1.